The molecular weight excluding hydrogens is 344 g/mol. The Morgan fingerprint density at radius 2 is 1.21 bits per heavy atom. The fourth-order valence-corrected chi connectivity index (χ4v) is 3.38. The van der Waals surface area contributed by atoms with Gasteiger partial charge in [-0.25, -0.2) is 0 Å². The summed E-state index contributed by atoms with van der Waals surface area (Å²) in [6, 6.07) is 32.3. The zero-order valence-corrected chi connectivity index (χ0v) is 15.3. The molecular formula is C26H20O2. The number of hydrogen-bond acceptors (Lipinski definition) is 2. The topological polar surface area (TPSA) is 37.3 Å². The molecule has 0 aliphatic heterocycles. The summed E-state index contributed by atoms with van der Waals surface area (Å²) in [6.45, 7) is 0. The Bertz CT molecular complexity index is 1090. The van der Waals surface area contributed by atoms with E-state index in [2.05, 4.69) is 0 Å². The molecule has 4 aromatic carbocycles. The van der Waals surface area contributed by atoms with E-state index in [-0.39, 0.29) is 5.78 Å². The van der Waals surface area contributed by atoms with Gasteiger partial charge in [-0.05, 0) is 40.1 Å². The Morgan fingerprint density at radius 3 is 1.82 bits per heavy atom. The zero-order valence-electron chi connectivity index (χ0n) is 15.3. The monoisotopic (exact) mass is 364 g/mol. The number of allylic oxidation sites excluding steroid dienone is 1. The standard InChI is InChI=1S/C26H20O2/c27-25(22-16-15-20-9-7-8-10-21(20)19-22)17-18-26(28,23-11-3-1-4-12-23)24-13-5-2-6-14-24/h1-19,28H/b18-17+. The van der Waals surface area contributed by atoms with Crippen LogP contribution in [0.5, 0.6) is 0 Å². The van der Waals surface area contributed by atoms with Gasteiger partial charge in [-0.1, -0.05) is 97.1 Å². The third kappa shape index (κ3) is 3.51. The first-order chi connectivity index (χ1) is 13.7. The molecule has 2 nitrogen and oxygen atoms in total. The highest BCUT2D eigenvalue weighted by atomic mass is 16.3. The molecule has 4 rings (SSSR count). The van der Waals surface area contributed by atoms with Gasteiger partial charge in [-0.15, -0.1) is 0 Å². The van der Waals surface area contributed by atoms with E-state index in [0.29, 0.717) is 16.7 Å². The average molecular weight is 364 g/mol. The van der Waals surface area contributed by atoms with E-state index < -0.39 is 5.60 Å². The molecule has 0 spiro atoms. The number of hydrogen-bond donors (Lipinski definition) is 1. The molecule has 0 fully saturated rings. The van der Waals surface area contributed by atoms with Crippen molar-refractivity contribution in [1.82, 2.24) is 0 Å². The second-order valence-electron chi connectivity index (χ2n) is 6.76. The Labute approximate surface area is 164 Å². The first-order valence-corrected chi connectivity index (χ1v) is 9.23. The second kappa shape index (κ2) is 7.63. The van der Waals surface area contributed by atoms with Crippen molar-refractivity contribution < 1.29 is 9.90 Å². The summed E-state index contributed by atoms with van der Waals surface area (Å²) >= 11 is 0. The maximum Gasteiger partial charge on any atom is 0.185 e. The SMILES string of the molecule is O=C(/C=C/C(O)(c1ccccc1)c1ccccc1)c1ccc2ccccc2c1. The van der Waals surface area contributed by atoms with Crippen molar-refractivity contribution in [3.8, 4) is 0 Å². The summed E-state index contributed by atoms with van der Waals surface area (Å²) < 4.78 is 0. The lowest BCUT2D eigenvalue weighted by molar-refractivity contribution is 0.103. The van der Waals surface area contributed by atoms with Crippen LogP contribution in [0.15, 0.2) is 115 Å². The highest BCUT2D eigenvalue weighted by Gasteiger charge is 2.28. The van der Waals surface area contributed by atoms with E-state index in [1.54, 1.807) is 6.08 Å². The molecule has 0 atom stereocenters. The average Bonchev–Trinajstić information content (AvgIpc) is 2.78. The summed E-state index contributed by atoms with van der Waals surface area (Å²) in [4.78, 5) is 12.8. The molecule has 0 aliphatic carbocycles. The van der Waals surface area contributed by atoms with Crippen molar-refractivity contribution in [2.75, 3.05) is 0 Å². The van der Waals surface area contributed by atoms with Crippen molar-refractivity contribution in [3.05, 3.63) is 132 Å². The fourth-order valence-electron chi connectivity index (χ4n) is 3.38. The van der Waals surface area contributed by atoms with Crippen LogP contribution in [0.2, 0.25) is 0 Å². The highest BCUT2D eigenvalue weighted by Crippen LogP contribution is 2.31. The van der Waals surface area contributed by atoms with Gasteiger partial charge < -0.3 is 5.11 Å². The van der Waals surface area contributed by atoms with E-state index in [4.69, 9.17) is 0 Å². The van der Waals surface area contributed by atoms with Crippen LogP contribution in [0.1, 0.15) is 21.5 Å². The number of rotatable bonds is 5. The molecule has 0 unspecified atom stereocenters. The van der Waals surface area contributed by atoms with Gasteiger partial charge in [0.25, 0.3) is 0 Å². The first-order valence-electron chi connectivity index (χ1n) is 9.23. The molecule has 0 radical (unpaired) electrons. The van der Waals surface area contributed by atoms with E-state index in [0.717, 1.165) is 10.8 Å². The van der Waals surface area contributed by atoms with Crippen LogP contribution < -0.4 is 0 Å². The van der Waals surface area contributed by atoms with Crippen LogP contribution in [0, 0.1) is 0 Å². The molecule has 0 saturated heterocycles. The molecule has 0 aliphatic rings. The molecule has 4 aromatic rings. The normalized spacial score (nSPS) is 11.8. The van der Waals surface area contributed by atoms with Crippen LogP contribution in [0.4, 0.5) is 0 Å². The molecule has 0 amide bonds. The van der Waals surface area contributed by atoms with E-state index in [1.807, 2.05) is 103 Å². The van der Waals surface area contributed by atoms with Gasteiger partial charge in [-0.3, -0.25) is 4.79 Å². The van der Waals surface area contributed by atoms with Crippen LogP contribution in [0.3, 0.4) is 0 Å². The van der Waals surface area contributed by atoms with Crippen molar-refractivity contribution >= 4 is 16.6 Å². The molecule has 0 heterocycles. The molecule has 2 heteroatoms. The number of fused-ring (bicyclic) bond motifs is 1. The number of benzene rings is 4. The minimum absolute atomic E-state index is 0.143. The maximum atomic E-state index is 12.8. The van der Waals surface area contributed by atoms with Crippen LogP contribution >= 0.6 is 0 Å². The van der Waals surface area contributed by atoms with Gasteiger partial charge in [0.15, 0.2) is 5.78 Å². The number of carbonyl (C=O) groups excluding carboxylic acids is 1. The predicted molar refractivity (Wildman–Crippen MR) is 113 cm³/mol. The Kier molecular flexibility index (Phi) is 4.88. The lowest BCUT2D eigenvalue weighted by atomic mass is 9.85. The van der Waals surface area contributed by atoms with Gasteiger partial charge in [0, 0.05) is 5.56 Å². The van der Waals surface area contributed by atoms with Gasteiger partial charge in [0.2, 0.25) is 0 Å². The van der Waals surface area contributed by atoms with Crippen molar-refractivity contribution in [1.29, 1.82) is 0 Å². The van der Waals surface area contributed by atoms with Crippen LogP contribution in [-0.4, -0.2) is 10.9 Å². The lowest BCUT2D eigenvalue weighted by Crippen LogP contribution is -2.24. The molecule has 0 bridgehead atoms. The third-order valence-electron chi connectivity index (χ3n) is 4.94. The Hall–Kier alpha value is -3.49. The van der Waals surface area contributed by atoms with E-state index in [9.17, 15) is 9.90 Å². The van der Waals surface area contributed by atoms with Gasteiger partial charge >= 0.3 is 0 Å². The minimum atomic E-state index is -1.38. The number of carbonyl (C=O) groups is 1. The van der Waals surface area contributed by atoms with Crippen LogP contribution in [-0.2, 0) is 5.60 Å². The molecule has 136 valence electrons. The summed E-state index contributed by atoms with van der Waals surface area (Å²) in [5.41, 5.74) is 0.639. The first kappa shape index (κ1) is 17.9. The molecule has 0 aromatic heterocycles. The quantitative estimate of drug-likeness (QED) is 0.374. The Morgan fingerprint density at radius 1 is 0.679 bits per heavy atom. The van der Waals surface area contributed by atoms with Gasteiger partial charge in [0.05, 0.1) is 0 Å². The smallest absolute Gasteiger partial charge is 0.185 e. The van der Waals surface area contributed by atoms with Crippen molar-refractivity contribution in [2.24, 2.45) is 0 Å². The predicted octanol–water partition coefficient (Wildman–Crippen LogP) is 5.51. The summed E-state index contributed by atoms with van der Waals surface area (Å²) in [5, 5.41) is 13.6. The Balaban J connectivity index is 1.71. The zero-order chi connectivity index (χ0) is 19.4. The number of ketones is 1. The third-order valence-corrected chi connectivity index (χ3v) is 4.94. The lowest BCUT2D eigenvalue weighted by Gasteiger charge is -2.26. The van der Waals surface area contributed by atoms with E-state index in [1.165, 1.54) is 6.08 Å². The summed E-state index contributed by atoms with van der Waals surface area (Å²) in [6.07, 6.45) is 3.04. The van der Waals surface area contributed by atoms with Gasteiger partial charge in [-0.2, -0.15) is 0 Å². The molecule has 0 saturated carbocycles. The molecule has 28 heavy (non-hydrogen) atoms. The van der Waals surface area contributed by atoms with Crippen molar-refractivity contribution in [2.45, 2.75) is 5.60 Å². The summed E-state index contributed by atoms with van der Waals surface area (Å²) in [5.74, 6) is -0.143. The highest BCUT2D eigenvalue weighted by molar-refractivity contribution is 6.06. The van der Waals surface area contributed by atoms with Crippen LogP contribution in [0.25, 0.3) is 10.8 Å². The van der Waals surface area contributed by atoms with E-state index >= 15 is 0 Å². The fraction of sp³-hybridized carbons (Fsp3) is 0.0385. The largest absolute Gasteiger partial charge is 0.377 e. The summed E-state index contributed by atoms with van der Waals surface area (Å²) in [7, 11) is 0. The molecule has 1 N–H and O–H groups in total. The van der Waals surface area contributed by atoms with Gasteiger partial charge in [0.1, 0.15) is 5.60 Å². The number of aliphatic hydroxyl groups is 1. The second-order valence-corrected chi connectivity index (χ2v) is 6.76. The minimum Gasteiger partial charge on any atom is -0.377 e. The van der Waals surface area contributed by atoms with Crippen molar-refractivity contribution in [3.63, 3.8) is 0 Å². The maximum absolute atomic E-state index is 12.8.